The molecule has 2 amide bonds. The molecular formula is C30H26F3N5O4. The van der Waals surface area contributed by atoms with E-state index in [-0.39, 0.29) is 33.6 Å². The molecule has 0 unspecified atom stereocenters. The van der Waals surface area contributed by atoms with Gasteiger partial charge in [-0.25, -0.2) is 4.98 Å². The van der Waals surface area contributed by atoms with Gasteiger partial charge in [0.15, 0.2) is 5.69 Å². The summed E-state index contributed by atoms with van der Waals surface area (Å²) in [5, 5.41) is 5.25. The SMILES string of the molecule is CCn1c(-c2ccc(-c3c(C)on(C)c3=O)cc2)cc2cc(C(F)(F)F)nc(C(=O)Nc3cccc(C(=O)NC)c3)c21. The first-order chi connectivity index (χ1) is 19.9. The van der Waals surface area contributed by atoms with Crippen molar-refractivity contribution in [3.05, 3.63) is 93.7 Å². The number of halogens is 3. The second-order valence-corrected chi connectivity index (χ2v) is 9.58. The maximum Gasteiger partial charge on any atom is 0.433 e. The lowest BCUT2D eigenvalue weighted by molar-refractivity contribution is -0.141. The maximum absolute atomic E-state index is 13.9. The summed E-state index contributed by atoms with van der Waals surface area (Å²) >= 11 is 0. The van der Waals surface area contributed by atoms with Gasteiger partial charge in [0.1, 0.15) is 11.5 Å². The number of fused-ring (bicyclic) bond motifs is 1. The molecule has 0 fully saturated rings. The number of nitrogens with zero attached hydrogens (tertiary/aromatic N) is 3. The number of benzene rings is 2. The van der Waals surface area contributed by atoms with Gasteiger partial charge in [0, 0.05) is 43.0 Å². The predicted molar refractivity (Wildman–Crippen MR) is 151 cm³/mol. The second-order valence-electron chi connectivity index (χ2n) is 9.58. The van der Waals surface area contributed by atoms with Crippen LogP contribution < -0.4 is 16.2 Å². The number of carbonyl (C=O) groups excluding carboxylic acids is 2. The van der Waals surface area contributed by atoms with E-state index >= 15 is 0 Å². The number of hydrogen-bond donors (Lipinski definition) is 2. The van der Waals surface area contributed by atoms with E-state index in [1.54, 1.807) is 54.0 Å². The molecule has 0 aliphatic rings. The summed E-state index contributed by atoms with van der Waals surface area (Å²) in [5.41, 5.74) is 1.08. The zero-order chi connectivity index (χ0) is 30.3. The molecule has 5 aromatic rings. The highest BCUT2D eigenvalue weighted by Gasteiger charge is 2.35. The Labute approximate surface area is 237 Å². The Bertz CT molecular complexity index is 1900. The number of carbonyl (C=O) groups is 2. The summed E-state index contributed by atoms with van der Waals surface area (Å²) < 4.78 is 49.8. The van der Waals surface area contributed by atoms with E-state index in [9.17, 15) is 27.6 Å². The molecule has 9 nitrogen and oxygen atoms in total. The third-order valence-electron chi connectivity index (χ3n) is 6.90. The molecule has 0 bridgehead atoms. The van der Waals surface area contributed by atoms with E-state index in [4.69, 9.17) is 4.52 Å². The van der Waals surface area contributed by atoms with E-state index in [0.29, 0.717) is 34.7 Å². The highest BCUT2D eigenvalue weighted by Crippen LogP contribution is 2.36. The van der Waals surface area contributed by atoms with Crippen LogP contribution in [0.2, 0.25) is 0 Å². The fourth-order valence-corrected chi connectivity index (χ4v) is 4.98. The molecule has 42 heavy (non-hydrogen) atoms. The second kappa shape index (κ2) is 10.7. The first-order valence-electron chi connectivity index (χ1n) is 13.0. The molecule has 2 aromatic carbocycles. The lowest BCUT2D eigenvalue weighted by atomic mass is 10.0. The van der Waals surface area contributed by atoms with Gasteiger partial charge >= 0.3 is 6.18 Å². The van der Waals surface area contributed by atoms with Gasteiger partial charge in [-0.2, -0.15) is 17.9 Å². The fraction of sp³-hybridized carbons (Fsp3) is 0.200. The third kappa shape index (κ3) is 5.06. The third-order valence-corrected chi connectivity index (χ3v) is 6.90. The van der Waals surface area contributed by atoms with Crippen molar-refractivity contribution >= 4 is 28.4 Å². The minimum absolute atomic E-state index is 0.182. The number of hydrogen-bond acceptors (Lipinski definition) is 5. The van der Waals surface area contributed by atoms with Crippen molar-refractivity contribution in [2.45, 2.75) is 26.6 Å². The van der Waals surface area contributed by atoms with Crippen molar-refractivity contribution in [3.8, 4) is 22.4 Å². The molecule has 0 atom stereocenters. The van der Waals surface area contributed by atoms with Crippen molar-refractivity contribution in [1.82, 2.24) is 19.6 Å². The van der Waals surface area contributed by atoms with Gasteiger partial charge in [0.2, 0.25) is 0 Å². The number of anilines is 1. The number of alkyl halides is 3. The maximum atomic E-state index is 13.9. The Morgan fingerprint density at radius 1 is 1.00 bits per heavy atom. The standard InChI is InChI=1S/C30H26F3N5O4/c1-5-38-22(17-9-11-18(12-10-17)24-16(2)42-37(4)29(24)41)14-20-15-23(30(31,32)33)36-25(26(20)38)28(40)35-21-8-6-7-19(13-21)27(39)34-3/h6-15H,5H2,1-4H3,(H,34,39)(H,35,40). The van der Waals surface area contributed by atoms with Crippen LogP contribution in [-0.2, 0) is 19.8 Å². The molecule has 2 N–H and O–H groups in total. The highest BCUT2D eigenvalue weighted by molar-refractivity contribution is 6.12. The van der Waals surface area contributed by atoms with E-state index in [1.807, 2.05) is 6.92 Å². The quantitative estimate of drug-likeness (QED) is 0.272. The monoisotopic (exact) mass is 577 g/mol. The number of nitrogens with one attached hydrogen (secondary N) is 2. The molecule has 0 aliphatic carbocycles. The van der Waals surface area contributed by atoms with E-state index in [0.717, 1.165) is 10.8 Å². The predicted octanol–water partition coefficient (Wildman–Crippen LogP) is 5.62. The average molecular weight is 578 g/mol. The molecule has 5 rings (SSSR count). The molecule has 0 spiro atoms. The van der Waals surface area contributed by atoms with Crippen LogP contribution in [0.1, 0.15) is 39.2 Å². The van der Waals surface area contributed by atoms with Gasteiger partial charge in [-0.05, 0) is 55.3 Å². The molecule has 216 valence electrons. The number of rotatable bonds is 6. The van der Waals surface area contributed by atoms with Crippen LogP contribution in [0.3, 0.4) is 0 Å². The first kappa shape index (κ1) is 28.4. The summed E-state index contributed by atoms with van der Waals surface area (Å²) in [6.07, 6.45) is -4.80. The summed E-state index contributed by atoms with van der Waals surface area (Å²) in [4.78, 5) is 41.7. The number of aryl methyl sites for hydroxylation is 3. The Kier molecular flexibility index (Phi) is 7.23. The van der Waals surface area contributed by atoms with Gasteiger partial charge in [-0.1, -0.05) is 30.3 Å². The van der Waals surface area contributed by atoms with Gasteiger partial charge in [0.05, 0.1) is 11.1 Å². The van der Waals surface area contributed by atoms with Crippen LogP contribution in [0.4, 0.5) is 18.9 Å². The first-order valence-corrected chi connectivity index (χ1v) is 13.0. The summed E-state index contributed by atoms with van der Waals surface area (Å²) in [6.45, 7) is 3.82. The lowest BCUT2D eigenvalue weighted by Gasteiger charge is -2.14. The minimum Gasteiger partial charge on any atom is -0.381 e. The normalized spacial score (nSPS) is 11.6. The topological polar surface area (TPSA) is 111 Å². The number of pyridine rings is 1. The molecule has 0 saturated heterocycles. The van der Waals surface area contributed by atoms with Crippen molar-refractivity contribution in [1.29, 1.82) is 0 Å². The van der Waals surface area contributed by atoms with Gasteiger partial charge in [-0.15, -0.1) is 0 Å². The Hall–Kier alpha value is -5.13. The lowest BCUT2D eigenvalue weighted by Crippen LogP contribution is -2.20. The average Bonchev–Trinajstić information content (AvgIpc) is 3.46. The zero-order valence-corrected chi connectivity index (χ0v) is 23.1. The van der Waals surface area contributed by atoms with Gasteiger partial charge in [-0.3, -0.25) is 14.4 Å². The highest BCUT2D eigenvalue weighted by atomic mass is 19.4. The van der Waals surface area contributed by atoms with Crippen molar-refractivity contribution in [2.75, 3.05) is 12.4 Å². The molecule has 3 heterocycles. The molecule has 0 aliphatic heterocycles. The largest absolute Gasteiger partial charge is 0.433 e. The van der Waals surface area contributed by atoms with Crippen LogP contribution in [-0.4, -0.2) is 33.2 Å². The van der Waals surface area contributed by atoms with Gasteiger partial charge in [0.25, 0.3) is 17.4 Å². The number of amides is 2. The number of aromatic nitrogens is 3. The minimum atomic E-state index is -4.80. The van der Waals surface area contributed by atoms with Crippen LogP contribution in [0.15, 0.2) is 70.0 Å². The van der Waals surface area contributed by atoms with Crippen LogP contribution in [0, 0.1) is 6.92 Å². The van der Waals surface area contributed by atoms with E-state index < -0.39 is 23.5 Å². The summed E-state index contributed by atoms with van der Waals surface area (Å²) in [6, 6.07) is 15.5. The Morgan fingerprint density at radius 2 is 1.69 bits per heavy atom. The Balaban J connectivity index is 1.62. The van der Waals surface area contributed by atoms with Crippen LogP contribution in [0.25, 0.3) is 33.3 Å². The molecular weight excluding hydrogens is 551 g/mol. The molecule has 12 heteroatoms. The van der Waals surface area contributed by atoms with Crippen molar-refractivity contribution < 1.29 is 27.3 Å². The van der Waals surface area contributed by atoms with Gasteiger partial charge < -0.3 is 19.7 Å². The molecule has 3 aromatic heterocycles. The molecule has 0 radical (unpaired) electrons. The summed E-state index contributed by atoms with van der Waals surface area (Å²) in [5.74, 6) is -0.786. The van der Waals surface area contributed by atoms with Crippen molar-refractivity contribution in [3.63, 3.8) is 0 Å². The van der Waals surface area contributed by atoms with Crippen molar-refractivity contribution in [2.24, 2.45) is 7.05 Å². The van der Waals surface area contributed by atoms with Crippen LogP contribution >= 0.6 is 0 Å². The molecule has 0 saturated carbocycles. The zero-order valence-electron chi connectivity index (χ0n) is 23.1. The van der Waals surface area contributed by atoms with E-state index in [1.165, 1.54) is 26.2 Å². The summed E-state index contributed by atoms with van der Waals surface area (Å²) in [7, 11) is 2.98. The van der Waals surface area contributed by atoms with E-state index in [2.05, 4.69) is 15.6 Å². The smallest absolute Gasteiger partial charge is 0.381 e. The van der Waals surface area contributed by atoms with Crippen LogP contribution in [0.5, 0.6) is 0 Å². The Morgan fingerprint density at radius 3 is 2.29 bits per heavy atom. The fourth-order valence-electron chi connectivity index (χ4n) is 4.98.